The number of allylic oxidation sites excluding steroid dienone is 1. The van der Waals surface area contributed by atoms with Crippen molar-refractivity contribution in [1.82, 2.24) is 20.8 Å². The number of amidine groups is 1. The highest BCUT2D eigenvalue weighted by atomic mass is 16.5. The van der Waals surface area contributed by atoms with Gasteiger partial charge in [0.25, 0.3) is 11.8 Å². The van der Waals surface area contributed by atoms with Crippen molar-refractivity contribution in [3.05, 3.63) is 125 Å². The molecule has 0 radical (unpaired) electrons. The topological polar surface area (TPSA) is 162 Å². The molecule has 4 N–H and O–H groups in total. The van der Waals surface area contributed by atoms with E-state index in [9.17, 15) is 19.8 Å². The summed E-state index contributed by atoms with van der Waals surface area (Å²) in [7, 11) is 0. The van der Waals surface area contributed by atoms with Gasteiger partial charge in [0, 0.05) is 48.7 Å². The molecule has 11 nitrogen and oxygen atoms in total. The number of nitrogens with one attached hydrogen (secondary N) is 2. The Labute approximate surface area is 286 Å². The molecule has 0 saturated heterocycles. The molecule has 0 aliphatic rings. The Morgan fingerprint density at radius 2 is 1.61 bits per heavy atom. The standard InChI is InChI=1S/C38H44N6O5/c1-25(37-43-32(44-49-37)20-13-26-9-7-6-8-10-26)24-41-34(39-5)28-14-11-27(12-15-28)23-31(36(48)40-22-21-33(45)46)42-35(47)29-16-18-30(19-17-29)38(2,3)4/h6-12,14-19,24,31,33,45-46H,5,13,20-23H2,1-4H3,(H,40,48)(H,42,47)/b25-24+,41-34-/t31-/m0/s1. The van der Waals surface area contributed by atoms with Gasteiger partial charge in [0.15, 0.2) is 18.0 Å². The number of hydrogen-bond donors (Lipinski definition) is 4. The molecule has 2 amide bonds. The fourth-order valence-electron chi connectivity index (χ4n) is 4.88. The van der Waals surface area contributed by atoms with Crippen LogP contribution in [0.25, 0.3) is 5.57 Å². The Hall–Kier alpha value is -5.26. The van der Waals surface area contributed by atoms with Crippen molar-refractivity contribution in [1.29, 1.82) is 0 Å². The molecule has 49 heavy (non-hydrogen) atoms. The van der Waals surface area contributed by atoms with Gasteiger partial charge in [-0.2, -0.15) is 4.98 Å². The molecule has 0 fully saturated rings. The normalized spacial score (nSPS) is 12.9. The van der Waals surface area contributed by atoms with Crippen LogP contribution in [-0.4, -0.2) is 63.6 Å². The molecule has 0 saturated carbocycles. The lowest BCUT2D eigenvalue weighted by Gasteiger charge is -2.21. The zero-order valence-corrected chi connectivity index (χ0v) is 28.4. The Balaban J connectivity index is 1.43. The van der Waals surface area contributed by atoms with E-state index in [0.29, 0.717) is 40.7 Å². The van der Waals surface area contributed by atoms with Crippen LogP contribution in [-0.2, 0) is 29.5 Å². The van der Waals surface area contributed by atoms with Crippen LogP contribution in [0.2, 0.25) is 0 Å². The Morgan fingerprint density at radius 3 is 2.24 bits per heavy atom. The minimum atomic E-state index is -1.55. The smallest absolute Gasteiger partial charge is 0.255 e. The predicted octanol–water partition coefficient (Wildman–Crippen LogP) is 4.82. The van der Waals surface area contributed by atoms with Gasteiger partial charge in [-0.05, 0) is 54.3 Å². The summed E-state index contributed by atoms with van der Waals surface area (Å²) in [5.74, 6) is 0.524. The lowest BCUT2D eigenvalue weighted by Crippen LogP contribution is -2.48. The van der Waals surface area contributed by atoms with Gasteiger partial charge >= 0.3 is 0 Å². The summed E-state index contributed by atoms with van der Waals surface area (Å²) in [4.78, 5) is 39.3. The number of aryl methyl sites for hydroxylation is 2. The summed E-state index contributed by atoms with van der Waals surface area (Å²) >= 11 is 0. The highest BCUT2D eigenvalue weighted by Crippen LogP contribution is 2.22. The van der Waals surface area contributed by atoms with Crippen molar-refractivity contribution < 1.29 is 24.3 Å². The summed E-state index contributed by atoms with van der Waals surface area (Å²) in [5.41, 5.74) is 4.78. The molecule has 3 aromatic carbocycles. The highest BCUT2D eigenvalue weighted by molar-refractivity contribution is 6.02. The summed E-state index contributed by atoms with van der Waals surface area (Å²) in [6.45, 7) is 11.8. The molecule has 4 rings (SSSR count). The van der Waals surface area contributed by atoms with Gasteiger partial charge in [-0.1, -0.05) is 92.7 Å². The van der Waals surface area contributed by atoms with Gasteiger partial charge in [0.05, 0.1) is 0 Å². The molecule has 0 spiro atoms. The Morgan fingerprint density at radius 1 is 0.939 bits per heavy atom. The lowest BCUT2D eigenvalue weighted by atomic mass is 9.86. The number of hydrogen-bond acceptors (Lipinski definition) is 8. The molecular weight excluding hydrogens is 620 g/mol. The molecule has 0 bridgehead atoms. The first-order valence-corrected chi connectivity index (χ1v) is 16.2. The maximum atomic E-state index is 13.2. The number of carbonyl (C=O) groups excluding carboxylic acids is 2. The van der Waals surface area contributed by atoms with Crippen LogP contribution in [0.15, 0.2) is 99.6 Å². The Bertz CT molecular complexity index is 1750. The van der Waals surface area contributed by atoms with Crippen molar-refractivity contribution in [3.63, 3.8) is 0 Å². The van der Waals surface area contributed by atoms with Gasteiger partial charge in [0.1, 0.15) is 6.04 Å². The first kappa shape index (κ1) is 36.6. The number of benzene rings is 3. The summed E-state index contributed by atoms with van der Waals surface area (Å²) in [6, 6.07) is 23.7. The van der Waals surface area contributed by atoms with Crippen LogP contribution < -0.4 is 10.6 Å². The van der Waals surface area contributed by atoms with E-state index in [2.05, 4.69) is 70.4 Å². The Kier molecular flexibility index (Phi) is 12.9. The van der Waals surface area contributed by atoms with Crippen LogP contribution in [0.3, 0.4) is 0 Å². The minimum Gasteiger partial charge on any atom is -0.368 e. The third kappa shape index (κ3) is 11.2. The van der Waals surface area contributed by atoms with Crippen molar-refractivity contribution in [2.75, 3.05) is 6.54 Å². The van der Waals surface area contributed by atoms with E-state index in [-0.39, 0.29) is 24.8 Å². The average molecular weight is 665 g/mol. The van der Waals surface area contributed by atoms with Crippen molar-refractivity contribution in [3.8, 4) is 0 Å². The minimum absolute atomic E-state index is 0.0398. The molecule has 1 aromatic heterocycles. The van der Waals surface area contributed by atoms with Gasteiger partial charge in [-0.3, -0.25) is 9.59 Å². The van der Waals surface area contributed by atoms with Gasteiger partial charge in [0.2, 0.25) is 5.91 Å². The van der Waals surface area contributed by atoms with E-state index in [1.807, 2.05) is 61.5 Å². The van der Waals surface area contributed by atoms with Crippen LogP contribution in [0.5, 0.6) is 0 Å². The second-order valence-corrected chi connectivity index (χ2v) is 12.7. The largest absolute Gasteiger partial charge is 0.368 e. The summed E-state index contributed by atoms with van der Waals surface area (Å²) in [6.07, 6.45) is 1.65. The van der Waals surface area contributed by atoms with Crippen LogP contribution in [0.1, 0.15) is 78.4 Å². The van der Waals surface area contributed by atoms with Gasteiger partial charge < -0.3 is 25.4 Å². The van der Waals surface area contributed by atoms with Crippen molar-refractivity contribution in [2.45, 2.75) is 71.1 Å². The maximum Gasteiger partial charge on any atom is 0.255 e. The monoisotopic (exact) mass is 664 g/mol. The quantitative estimate of drug-likeness (QED) is 0.0854. The van der Waals surface area contributed by atoms with E-state index in [1.54, 1.807) is 18.3 Å². The van der Waals surface area contributed by atoms with Gasteiger partial charge in [-0.15, -0.1) is 0 Å². The third-order valence-electron chi connectivity index (χ3n) is 7.80. The van der Waals surface area contributed by atoms with E-state index in [4.69, 9.17) is 4.52 Å². The maximum absolute atomic E-state index is 13.2. The molecule has 1 atom stereocenters. The van der Waals surface area contributed by atoms with E-state index in [1.165, 1.54) is 5.56 Å². The first-order chi connectivity index (χ1) is 23.4. The molecule has 1 heterocycles. The fraction of sp³-hybridized carbons (Fsp3) is 0.316. The van der Waals surface area contributed by atoms with E-state index >= 15 is 0 Å². The molecule has 4 aromatic rings. The number of aliphatic hydroxyl groups excluding tert-OH is 1. The predicted molar refractivity (Wildman–Crippen MR) is 190 cm³/mol. The fourth-order valence-corrected chi connectivity index (χ4v) is 4.88. The van der Waals surface area contributed by atoms with Crippen molar-refractivity contribution in [2.24, 2.45) is 9.98 Å². The SMILES string of the molecule is C=N/C(=N\C=C(/C)c1nc(CCc2ccccc2)no1)c1ccc(C[C@H](NC(=O)c2ccc(C(C)(C)C)cc2)C(=O)NCCC(O)O)cc1. The van der Waals surface area contributed by atoms with Crippen LogP contribution in [0.4, 0.5) is 0 Å². The molecule has 11 heteroatoms. The van der Waals surface area contributed by atoms with E-state index in [0.717, 1.165) is 17.5 Å². The summed E-state index contributed by atoms with van der Waals surface area (Å²) < 4.78 is 5.44. The number of aromatic nitrogens is 2. The van der Waals surface area contributed by atoms with Gasteiger partial charge in [-0.25, -0.2) is 9.98 Å². The number of rotatable bonds is 14. The number of nitrogens with zero attached hydrogens (tertiary/aromatic N) is 4. The molecule has 0 aliphatic heterocycles. The number of carbonyl (C=O) groups is 2. The van der Waals surface area contributed by atoms with Crippen LogP contribution >= 0.6 is 0 Å². The molecular formula is C38H44N6O5. The summed E-state index contributed by atoms with van der Waals surface area (Å²) in [5, 5.41) is 28.0. The zero-order valence-electron chi connectivity index (χ0n) is 28.4. The first-order valence-electron chi connectivity index (χ1n) is 16.2. The lowest BCUT2D eigenvalue weighted by molar-refractivity contribution is -0.123. The third-order valence-corrected chi connectivity index (χ3v) is 7.80. The van der Waals surface area contributed by atoms with E-state index < -0.39 is 24.1 Å². The van der Waals surface area contributed by atoms with Crippen molar-refractivity contribution >= 4 is 29.9 Å². The molecule has 0 aliphatic carbocycles. The highest BCUT2D eigenvalue weighted by Gasteiger charge is 2.23. The average Bonchev–Trinajstić information content (AvgIpc) is 3.57. The second-order valence-electron chi connectivity index (χ2n) is 12.7. The van der Waals surface area contributed by atoms with Crippen LogP contribution in [0, 0.1) is 0 Å². The number of amides is 2. The molecule has 0 unspecified atom stereocenters. The molecule has 256 valence electrons. The zero-order chi connectivity index (χ0) is 35.4. The number of aliphatic imine (C=N–C) groups is 2. The number of aliphatic hydroxyl groups is 2. The second kappa shape index (κ2) is 17.2.